The average molecular weight is 245 g/mol. The van der Waals surface area contributed by atoms with Crippen molar-refractivity contribution in [3.05, 3.63) is 34.6 Å². The molecule has 0 aliphatic heterocycles. The molecule has 96 valence electrons. The van der Waals surface area contributed by atoms with Crippen molar-refractivity contribution in [3.63, 3.8) is 0 Å². The average Bonchev–Trinajstić information content (AvgIpc) is 2.72. The van der Waals surface area contributed by atoms with E-state index in [1.54, 1.807) is 7.11 Å². The van der Waals surface area contributed by atoms with Gasteiger partial charge < -0.3 is 10.5 Å². The van der Waals surface area contributed by atoms with Gasteiger partial charge in [-0.2, -0.15) is 5.10 Å². The maximum absolute atomic E-state index is 5.74. The summed E-state index contributed by atoms with van der Waals surface area (Å²) < 4.78 is 5.34. The van der Waals surface area contributed by atoms with Gasteiger partial charge in [0, 0.05) is 17.8 Å². The number of aromatic nitrogens is 2. The van der Waals surface area contributed by atoms with Crippen LogP contribution in [0.5, 0.6) is 5.75 Å². The molecule has 2 rings (SSSR count). The van der Waals surface area contributed by atoms with Crippen LogP contribution < -0.4 is 10.5 Å². The summed E-state index contributed by atoms with van der Waals surface area (Å²) in [6.07, 6.45) is 0. The zero-order chi connectivity index (χ0) is 13.3. The fourth-order valence-corrected chi connectivity index (χ4v) is 2.26. The quantitative estimate of drug-likeness (QED) is 0.873. The molecule has 0 saturated carbocycles. The third-order valence-electron chi connectivity index (χ3n) is 3.23. The number of benzene rings is 1. The van der Waals surface area contributed by atoms with E-state index in [0.717, 1.165) is 33.8 Å². The lowest BCUT2D eigenvalue weighted by molar-refractivity contribution is 0.411. The van der Waals surface area contributed by atoms with Crippen molar-refractivity contribution in [1.82, 2.24) is 10.2 Å². The molecule has 0 atom stereocenters. The number of nitrogens with zero attached hydrogens (tertiary/aromatic N) is 1. The number of methoxy groups -OCH3 is 1. The second-order valence-electron chi connectivity index (χ2n) is 4.51. The van der Waals surface area contributed by atoms with Crippen molar-refractivity contribution in [3.8, 4) is 16.9 Å². The van der Waals surface area contributed by atoms with E-state index in [0.29, 0.717) is 6.54 Å². The molecule has 3 N–H and O–H groups in total. The summed E-state index contributed by atoms with van der Waals surface area (Å²) in [6, 6.07) is 4.18. The van der Waals surface area contributed by atoms with Crippen molar-refractivity contribution in [2.75, 3.05) is 7.11 Å². The van der Waals surface area contributed by atoms with Crippen molar-refractivity contribution in [1.29, 1.82) is 0 Å². The summed E-state index contributed by atoms with van der Waals surface area (Å²) in [6.45, 7) is 6.56. The Morgan fingerprint density at radius 1 is 1.22 bits per heavy atom. The van der Waals surface area contributed by atoms with Gasteiger partial charge in [-0.1, -0.05) is 0 Å². The standard InChI is InChI=1S/C14H19N3O/c1-8-6-13(18-4)9(2)5-11(8)14-10(3)16-17-12(14)7-15/h5-6H,7,15H2,1-4H3,(H,16,17). The first kappa shape index (κ1) is 12.6. The molecule has 0 fully saturated rings. The van der Waals surface area contributed by atoms with Gasteiger partial charge in [0.2, 0.25) is 0 Å². The number of nitrogens with two attached hydrogens (primary N) is 1. The van der Waals surface area contributed by atoms with Crippen LogP contribution in [-0.2, 0) is 6.54 Å². The minimum atomic E-state index is 0.435. The molecular formula is C14H19N3O. The van der Waals surface area contributed by atoms with Gasteiger partial charge >= 0.3 is 0 Å². The van der Waals surface area contributed by atoms with E-state index in [9.17, 15) is 0 Å². The van der Waals surface area contributed by atoms with Gasteiger partial charge in [0.25, 0.3) is 0 Å². The van der Waals surface area contributed by atoms with E-state index in [1.165, 1.54) is 5.56 Å². The van der Waals surface area contributed by atoms with Crippen LogP contribution >= 0.6 is 0 Å². The summed E-state index contributed by atoms with van der Waals surface area (Å²) in [5.74, 6) is 0.909. The van der Waals surface area contributed by atoms with Crippen molar-refractivity contribution in [2.24, 2.45) is 5.73 Å². The summed E-state index contributed by atoms with van der Waals surface area (Å²) in [5.41, 5.74) is 12.2. The van der Waals surface area contributed by atoms with E-state index < -0.39 is 0 Å². The molecule has 18 heavy (non-hydrogen) atoms. The van der Waals surface area contributed by atoms with Gasteiger partial charge in [0.15, 0.2) is 0 Å². The Labute approximate surface area is 107 Å². The van der Waals surface area contributed by atoms with Crippen molar-refractivity contribution >= 4 is 0 Å². The highest BCUT2D eigenvalue weighted by molar-refractivity contribution is 5.73. The lowest BCUT2D eigenvalue weighted by Crippen LogP contribution is -2.00. The maximum Gasteiger partial charge on any atom is 0.122 e. The Balaban J connectivity index is 2.64. The Kier molecular flexibility index (Phi) is 3.39. The Morgan fingerprint density at radius 3 is 2.56 bits per heavy atom. The third kappa shape index (κ3) is 1.99. The van der Waals surface area contributed by atoms with Gasteiger partial charge in [0.1, 0.15) is 5.75 Å². The van der Waals surface area contributed by atoms with Crippen LogP contribution in [0.1, 0.15) is 22.5 Å². The number of aryl methyl sites for hydroxylation is 3. The SMILES string of the molecule is COc1cc(C)c(-c2c(CN)n[nH]c2C)cc1C. The number of rotatable bonds is 3. The van der Waals surface area contributed by atoms with Gasteiger partial charge in [-0.15, -0.1) is 0 Å². The van der Waals surface area contributed by atoms with E-state index in [1.807, 2.05) is 13.8 Å². The van der Waals surface area contributed by atoms with Gasteiger partial charge in [0.05, 0.1) is 12.8 Å². The first-order chi connectivity index (χ1) is 8.58. The largest absolute Gasteiger partial charge is 0.496 e. The molecule has 0 aliphatic carbocycles. The van der Waals surface area contributed by atoms with E-state index in [-0.39, 0.29) is 0 Å². The monoisotopic (exact) mass is 245 g/mol. The predicted molar refractivity (Wildman–Crippen MR) is 72.7 cm³/mol. The lowest BCUT2D eigenvalue weighted by Gasteiger charge is -2.12. The summed E-state index contributed by atoms with van der Waals surface area (Å²) in [5, 5.41) is 7.24. The molecule has 1 heterocycles. The topological polar surface area (TPSA) is 63.9 Å². The van der Waals surface area contributed by atoms with Crippen LogP contribution in [0.3, 0.4) is 0 Å². The number of aromatic amines is 1. The highest BCUT2D eigenvalue weighted by Gasteiger charge is 2.15. The van der Waals surface area contributed by atoms with Gasteiger partial charge in [-0.05, 0) is 49.6 Å². The van der Waals surface area contributed by atoms with Gasteiger partial charge in [-0.3, -0.25) is 5.10 Å². The second kappa shape index (κ2) is 4.82. The summed E-state index contributed by atoms with van der Waals surface area (Å²) in [4.78, 5) is 0. The fraction of sp³-hybridized carbons (Fsp3) is 0.357. The Hall–Kier alpha value is -1.81. The van der Waals surface area contributed by atoms with E-state index in [2.05, 4.69) is 29.3 Å². The van der Waals surface area contributed by atoms with Crippen LogP contribution in [0.4, 0.5) is 0 Å². The predicted octanol–water partition coefficient (Wildman–Crippen LogP) is 2.47. The molecule has 0 saturated heterocycles. The number of hydrogen-bond donors (Lipinski definition) is 2. The number of ether oxygens (including phenoxy) is 1. The van der Waals surface area contributed by atoms with E-state index >= 15 is 0 Å². The number of H-pyrrole nitrogens is 1. The normalized spacial score (nSPS) is 10.7. The molecule has 0 bridgehead atoms. The number of nitrogens with one attached hydrogen (secondary N) is 1. The molecule has 0 unspecified atom stereocenters. The Morgan fingerprint density at radius 2 is 1.94 bits per heavy atom. The lowest BCUT2D eigenvalue weighted by atomic mass is 9.96. The summed E-state index contributed by atoms with van der Waals surface area (Å²) >= 11 is 0. The molecule has 0 spiro atoms. The van der Waals surface area contributed by atoms with Crippen LogP contribution in [0, 0.1) is 20.8 Å². The molecule has 4 heteroatoms. The first-order valence-electron chi connectivity index (χ1n) is 5.98. The van der Waals surface area contributed by atoms with Crippen molar-refractivity contribution in [2.45, 2.75) is 27.3 Å². The zero-order valence-electron chi connectivity index (χ0n) is 11.3. The molecule has 0 amide bonds. The first-order valence-corrected chi connectivity index (χ1v) is 5.98. The van der Waals surface area contributed by atoms with Crippen LogP contribution in [0.25, 0.3) is 11.1 Å². The molecule has 0 aliphatic rings. The summed E-state index contributed by atoms with van der Waals surface area (Å²) in [7, 11) is 1.69. The number of hydrogen-bond acceptors (Lipinski definition) is 3. The third-order valence-corrected chi connectivity index (χ3v) is 3.23. The molecule has 2 aromatic rings. The maximum atomic E-state index is 5.74. The highest BCUT2D eigenvalue weighted by Crippen LogP contribution is 2.33. The minimum absolute atomic E-state index is 0.435. The Bertz CT molecular complexity index is 573. The minimum Gasteiger partial charge on any atom is -0.496 e. The van der Waals surface area contributed by atoms with Gasteiger partial charge in [-0.25, -0.2) is 0 Å². The van der Waals surface area contributed by atoms with Crippen molar-refractivity contribution < 1.29 is 4.74 Å². The molecule has 1 aromatic carbocycles. The fourth-order valence-electron chi connectivity index (χ4n) is 2.26. The second-order valence-corrected chi connectivity index (χ2v) is 4.51. The molecule has 0 radical (unpaired) electrons. The molecule has 4 nitrogen and oxygen atoms in total. The zero-order valence-corrected chi connectivity index (χ0v) is 11.3. The molecular weight excluding hydrogens is 226 g/mol. The van der Waals surface area contributed by atoms with E-state index in [4.69, 9.17) is 10.5 Å². The smallest absolute Gasteiger partial charge is 0.122 e. The molecule has 1 aromatic heterocycles. The van der Waals surface area contributed by atoms with Crippen LogP contribution in [0.2, 0.25) is 0 Å². The van der Waals surface area contributed by atoms with Crippen LogP contribution in [0.15, 0.2) is 12.1 Å². The highest BCUT2D eigenvalue weighted by atomic mass is 16.5. The van der Waals surface area contributed by atoms with Crippen LogP contribution in [-0.4, -0.2) is 17.3 Å².